The summed E-state index contributed by atoms with van der Waals surface area (Å²) in [5.41, 5.74) is -0.131. The SMILES string of the molecule is Cc1[nH]n2c(=O)cc(-c3ccc(C(F)(F)F)cc3)nc2c1-c1ccc(F)cc1F.[Na]. The fraction of sp³-hybridized carbons (Fsp3) is 0.100. The second-order valence-corrected chi connectivity index (χ2v) is 6.45. The predicted molar refractivity (Wildman–Crippen MR) is 102 cm³/mol. The average Bonchev–Trinajstić information content (AvgIpc) is 2.98. The van der Waals surface area contributed by atoms with Crippen molar-refractivity contribution in [3.63, 3.8) is 0 Å². The number of aromatic nitrogens is 3. The number of aromatic amines is 1. The molecule has 4 rings (SSSR count). The topological polar surface area (TPSA) is 50.2 Å². The number of nitrogens with one attached hydrogen (secondary N) is 1. The maximum Gasteiger partial charge on any atom is 0.416 e. The van der Waals surface area contributed by atoms with Gasteiger partial charge in [0.25, 0.3) is 5.56 Å². The molecule has 0 aliphatic heterocycles. The standard InChI is InChI=1S/C20H12F5N3O.Na/c1-10-18(14-7-6-13(21)8-15(14)22)19-26-16(9-17(29)28(19)27-10)11-2-4-12(5-3-11)20(23,24)25;/h2-9,27H,1H3;. The largest absolute Gasteiger partial charge is 0.416 e. The summed E-state index contributed by atoms with van der Waals surface area (Å²) in [4.78, 5) is 16.8. The Morgan fingerprint density at radius 2 is 1.67 bits per heavy atom. The van der Waals surface area contributed by atoms with Crippen LogP contribution in [0, 0.1) is 18.6 Å². The van der Waals surface area contributed by atoms with E-state index in [1.54, 1.807) is 6.92 Å². The molecule has 0 bridgehead atoms. The maximum atomic E-state index is 14.3. The Hall–Kier alpha value is -2.49. The van der Waals surface area contributed by atoms with Gasteiger partial charge in [-0.25, -0.2) is 18.3 Å². The smallest absolute Gasteiger partial charge is 0.293 e. The van der Waals surface area contributed by atoms with Gasteiger partial charge in [-0.05, 0) is 31.2 Å². The monoisotopic (exact) mass is 428 g/mol. The molecule has 2 aromatic heterocycles. The van der Waals surface area contributed by atoms with E-state index in [4.69, 9.17) is 0 Å². The van der Waals surface area contributed by atoms with E-state index in [1.807, 2.05) is 0 Å². The number of benzene rings is 2. The van der Waals surface area contributed by atoms with Crippen LogP contribution in [0.2, 0.25) is 0 Å². The van der Waals surface area contributed by atoms with Crippen molar-refractivity contribution in [1.29, 1.82) is 0 Å². The van der Waals surface area contributed by atoms with Crippen LogP contribution in [0.5, 0.6) is 0 Å². The van der Waals surface area contributed by atoms with Crippen molar-refractivity contribution in [3.05, 3.63) is 81.8 Å². The number of H-pyrrole nitrogens is 1. The Bertz CT molecular complexity index is 1290. The third-order valence-corrected chi connectivity index (χ3v) is 4.51. The van der Waals surface area contributed by atoms with Crippen molar-refractivity contribution >= 4 is 35.2 Å². The van der Waals surface area contributed by atoms with Gasteiger partial charge < -0.3 is 0 Å². The number of fused-ring (bicyclic) bond motifs is 1. The predicted octanol–water partition coefficient (Wildman–Crippen LogP) is 4.58. The number of rotatable bonds is 2. The summed E-state index contributed by atoms with van der Waals surface area (Å²) in [6.07, 6.45) is -4.49. The van der Waals surface area contributed by atoms with Gasteiger partial charge in [0.05, 0.1) is 11.3 Å². The second-order valence-electron chi connectivity index (χ2n) is 6.45. The van der Waals surface area contributed by atoms with E-state index in [9.17, 15) is 26.7 Å². The molecule has 0 saturated heterocycles. The van der Waals surface area contributed by atoms with Crippen LogP contribution in [0.15, 0.2) is 53.3 Å². The molecule has 0 spiro atoms. The van der Waals surface area contributed by atoms with Crippen molar-refractivity contribution in [1.82, 2.24) is 14.6 Å². The number of hydrogen-bond donors (Lipinski definition) is 1. The van der Waals surface area contributed by atoms with Crippen LogP contribution in [-0.4, -0.2) is 44.2 Å². The molecule has 1 N–H and O–H groups in total. The average molecular weight is 428 g/mol. The Morgan fingerprint density at radius 3 is 2.27 bits per heavy atom. The van der Waals surface area contributed by atoms with Crippen molar-refractivity contribution in [2.45, 2.75) is 13.1 Å². The molecule has 2 aromatic carbocycles. The molecule has 2 heterocycles. The molecular formula is C20H12F5N3NaO. The number of alkyl halides is 3. The first kappa shape index (κ1) is 22.2. The van der Waals surface area contributed by atoms with Crippen molar-refractivity contribution < 1.29 is 22.0 Å². The zero-order chi connectivity index (χ0) is 20.9. The van der Waals surface area contributed by atoms with Crippen molar-refractivity contribution in [2.75, 3.05) is 0 Å². The number of nitrogens with zero attached hydrogens (tertiary/aromatic N) is 2. The summed E-state index contributed by atoms with van der Waals surface area (Å²) in [6.45, 7) is 1.60. The van der Waals surface area contributed by atoms with E-state index in [2.05, 4.69) is 10.1 Å². The van der Waals surface area contributed by atoms with E-state index in [1.165, 1.54) is 18.2 Å². The molecule has 0 unspecified atom stereocenters. The minimum atomic E-state index is -4.49. The summed E-state index contributed by atoms with van der Waals surface area (Å²) in [5, 5.41) is 2.78. The molecule has 30 heavy (non-hydrogen) atoms. The van der Waals surface area contributed by atoms with Gasteiger partial charge in [-0.2, -0.15) is 13.2 Å². The molecule has 0 atom stereocenters. The number of aryl methyl sites for hydroxylation is 1. The first-order valence-electron chi connectivity index (χ1n) is 8.40. The van der Waals surface area contributed by atoms with Crippen molar-refractivity contribution in [2.24, 2.45) is 0 Å². The Labute approximate surface area is 188 Å². The molecule has 4 nitrogen and oxygen atoms in total. The van der Waals surface area contributed by atoms with E-state index >= 15 is 0 Å². The number of halogens is 5. The fourth-order valence-corrected chi connectivity index (χ4v) is 3.14. The minimum Gasteiger partial charge on any atom is -0.293 e. The third-order valence-electron chi connectivity index (χ3n) is 4.51. The Balaban J connectivity index is 0.00000256. The first-order chi connectivity index (χ1) is 13.6. The quantitative estimate of drug-likeness (QED) is 0.375. The molecular weight excluding hydrogens is 416 g/mol. The van der Waals surface area contributed by atoms with Gasteiger partial charge in [-0.15, -0.1) is 0 Å². The molecule has 1 radical (unpaired) electrons. The van der Waals surface area contributed by atoms with Crippen LogP contribution >= 0.6 is 0 Å². The van der Waals surface area contributed by atoms with Gasteiger partial charge in [0.1, 0.15) is 11.6 Å². The summed E-state index contributed by atoms with van der Waals surface area (Å²) >= 11 is 0. The zero-order valence-electron chi connectivity index (χ0n) is 15.8. The van der Waals surface area contributed by atoms with Crippen LogP contribution in [0.4, 0.5) is 22.0 Å². The summed E-state index contributed by atoms with van der Waals surface area (Å²) in [5.74, 6) is -1.58. The van der Waals surface area contributed by atoms with Crippen LogP contribution < -0.4 is 5.56 Å². The molecule has 0 saturated carbocycles. The molecule has 0 aliphatic rings. The molecule has 10 heteroatoms. The summed E-state index contributed by atoms with van der Waals surface area (Å²) in [6, 6.07) is 8.39. The van der Waals surface area contributed by atoms with E-state index in [-0.39, 0.29) is 52.0 Å². The van der Waals surface area contributed by atoms with Gasteiger partial charge in [0.15, 0.2) is 5.65 Å². The van der Waals surface area contributed by atoms with Crippen LogP contribution in [-0.2, 0) is 6.18 Å². The van der Waals surface area contributed by atoms with Gasteiger partial charge in [0.2, 0.25) is 0 Å². The molecule has 149 valence electrons. The van der Waals surface area contributed by atoms with Gasteiger partial charge >= 0.3 is 6.18 Å². The molecule has 0 fully saturated rings. The Kier molecular flexibility index (Phi) is 5.90. The normalized spacial score (nSPS) is 11.5. The van der Waals surface area contributed by atoms with Gasteiger partial charge in [0, 0.05) is 64.1 Å². The zero-order valence-corrected chi connectivity index (χ0v) is 17.8. The summed E-state index contributed by atoms with van der Waals surface area (Å²) < 4.78 is 67.0. The van der Waals surface area contributed by atoms with Crippen LogP contribution in [0.3, 0.4) is 0 Å². The summed E-state index contributed by atoms with van der Waals surface area (Å²) in [7, 11) is 0. The maximum absolute atomic E-state index is 14.3. The van der Waals surface area contributed by atoms with Crippen LogP contribution in [0.25, 0.3) is 28.0 Å². The third kappa shape index (κ3) is 3.92. The van der Waals surface area contributed by atoms with E-state index < -0.39 is 28.9 Å². The molecule has 4 aromatic rings. The molecule has 0 aliphatic carbocycles. The van der Waals surface area contributed by atoms with Gasteiger partial charge in [-0.1, -0.05) is 12.1 Å². The van der Waals surface area contributed by atoms with E-state index in [0.29, 0.717) is 11.3 Å². The second kappa shape index (κ2) is 7.98. The number of hydrogen-bond acceptors (Lipinski definition) is 2. The van der Waals surface area contributed by atoms with Crippen LogP contribution in [0.1, 0.15) is 11.3 Å². The van der Waals surface area contributed by atoms with Crippen molar-refractivity contribution in [3.8, 4) is 22.4 Å². The Morgan fingerprint density at radius 1 is 1.00 bits per heavy atom. The fourth-order valence-electron chi connectivity index (χ4n) is 3.14. The van der Waals surface area contributed by atoms with Gasteiger partial charge in [-0.3, -0.25) is 9.89 Å². The minimum absolute atomic E-state index is 0. The van der Waals surface area contributed by atoms with E-state index in [0.717, 1.165) is 34.8 Å². The molecule has 0 amide bonds. The first-order valence-corrected chi connectivity index (χ1v) is 8.40.